The van der Waals surface area contributed by atoms with Gasteiger partial charge in [0.05, 0.1) is 5.69 Å². The van der Waals surface area contributed by atoms with E-state index in [-0.39, 0.29) is 0 Å². The number of nitrogens with one attached hydrogen (secondary N) is 1. The number of nitrogen functional groups attached to an aromatic ring is 1. The molecule has 3 nitrogen and oxygen atoms in total. The van der Waals surface area contributed by atoms with E-state index in [2.05, 4.69) is 16.4 Å². The van der Waals surface area contributed by atoms with E-state index < -0.39 is 0 Å². The quantitative estimate of drug-likeness (QED) is 0.749. The second kappa shape index (κ2) is 3.64. The van der Waals surface area contributed by atoms with Crippen molar-refractivity contribution in [1.29, 1.82) is 0 Å². The summed E-state index contributed by atoms with van der Waals surface area (Å²) in [6, 6.07) is 10.1. The Balaban J connectivity index is 2.60. The van der Waals surface area contributed by atoms with E-state index in [4.69, 9.17) is 5.73 Å². The molecule has 72 valence electrons. The molecular weight excluding hydrogens is 174 g/mol. The number of aromatic nitrogens is 1. The van der Waals surface area contributed by atoms with Crippen LogP contribution >= 0.6 is 0 Å². The Morgan fingerprint density at radius 2 is 2.14 bits per heavy atom. The molecule has 1 heterocycles. The lowest BCUT2D eigenvalue weighted by atomic mass is 10.1. The first-order valence-corrected chi connectivity index (χ1v) is 4.60. The molecule has 0 bridgehead atoms. The number of hydrogen-bond donors (Lipinski definition) is 2. The number of nitrogens with two attached hydrogens (primary N) is 1. The lowest BCUT2D eigenvalue weighted by Crippen LogP contribution is -2.08. The summed E-state index contributed by atoms with van der Waals surface area (Å²) in [5.41, 5.74) is 6.82. The van der Waals surface area contributed by atoms with Crippen LogP contribution in [0.4, 0.5) is 5.82 Å². The smallest absolute Gasteiger partial charge is 0.131 e. The molecule has 1 aromatic heterocycles. The minimum atomic E-state index is 0.605. The highest BCUT2D eigenvalue weighted by atomic mass is 14.9. The van der Waals surface area contributed by atoms with Crippen LogP contribution in [0.15, 0.2) is 30.3 Å². The van der Waals surface area contributed by atoms with Gasteiger partial charge in [0.2, 0.25) is 0 Å². The predicted molar refractivity (Wildman–Crippen MR) is 58.9 cm³/mol. The molecule has 0 fully saturated rings. The van der Waals surface area contributed by atoms with Gasteiger partial charge in [0.1, 0.15) is 5.82 Å². The Kier molecular flexibility index (Phi) is 2.33. The molecule has 0 aliphatic rings. The van der Waals surface area contributed by atoms with Crippen molar-refractivity contribution in [3.8, 4) is 0 Å². The van der Waals surface area contributed by atoms with Crippen molar-refractivity contribution >= 4 is 16.6 Å². The van der Waals surface area contributed by atoms with Crippen molar-refractivity contribution in [3.05, 3.63) is 36.0 Å². The summed E-state index contributed by atoms with van der Waals surface area (Å²) >= 11 is 0. The van der Waals surface area contributed by atoms with Gasteiger partial charge >= 0.3 is 0 Å². The predicted octanol–water partition coefficient (Wildman–Crippen LogP) is 1.54. The number of rotatable bonds is 2. The molecule has 2 rings (SSSR count). The van der Waals surface area contributed by atoms with E-state index in [0.717, 1.165) is 23.0 Å². The zero-order chi connectivity index (χ0) is 9.97. The molecule has 0 spiro atoms. The van der Waals surface area contributed by atoms with Gasteiger partial charge in [-0.15, -0.1) is 0 Å². The molecule has 0 radical (unpaired) electrons. The van der Waals surface area contributed by atoms with Crippen molar-refractivity contribution in [2.45, 2.75) is 6.54 Å². The van der Waals surface area contributed by atoms with Crippen LogP contribution in [-0.2, 0) is 6.54 Å². The Bertz CT molecular complexity index is 451. The minimum Gasteiger partial charge on any atom is -0.383 e. The van der Waals surface area contributed by atoms with E-state index >= 15 is 0 Å². The molecule has 0 atom stereocenters. The SMILES string of the molecule is CNCc1cc2ccccc2c(N)n1. The largest absolute Gasteiger partial charge is 0.383 e. The fourth-order valence-corrected chi connectivity index (χ4v) is 1.55. The first-order chi connectivity index (χ1) is 6.81. The highest BCUT2D eigenvalue weighted by Crippen LogP contribution is 2.19. The number of benzene rings is 1. The van der Waals surface area contributed by atoms with Gasteiger partial charge in [-0.2, -0.15) is 0 Å². The molecule has 3 N–H and O–H groups in total. The topological polar surface area (TPSA) is 50.9 Å². The lowest BCUT2D eigenvalue weighted by Gasteiger charge is -2.05. The third-order valence-electron chi connectivity index (χ3n) is 2.18. The van der Waals surface area contributed by atoms with Gasteiger partial charge in [-0.3, -0.25) is 0 Å². The van der Waals surface area contributed by atoms with Crippen molar-refractivity contribution in [2.75, 3.05) is 12.8 Å². The molecule has 0 saturated carbocycles. The zero-order valence-electron chi connectivity index (χ0n) is 8.12. The monoisotopic (exact) mass is 187 g/mol. The first-order valence-electron chi connectivity index (χ1n) is 4.60. The van der Waals surface area contributed by atoms with Gasteiger partial charge in [0, 0.05) is 11.9 Å². The number of anilines is 1. The van der Waals surface area contributed by atoms with E-state index in [1.165, 1.54) is 0 Å². The van der Waals surface area contributed by atoms with Gasteiger partial charge < -0.3 is 11.1 Å². The number of pyridine rings is 1. The minimum absolute atomic E-state index is 0.605. The van der Waals surface area contributed by atoms with Crippen molar-refractivity contribution in [2.24, 2.45) is 0 Å². The van der Waals surface area contributed by atoms with Crippen LogP contribution in [-0.4, -0.2) is 12.0 Å². The highest BCUT2D eigenvalue weighted by Gasteiger charge is 2.01. The summed E-state index contributed by atoms with van der Waals surface area (Å²) in [4.78, 5) is 4.31. The van der Waals surface area contributed by atoms with E-state index in [9.17, 15) is 0 Å². The molecule has 1 aromatic carbocycles. The van der Waals surface area contributed by atoms with Crippen molar-refractivity contribution in [3.63, 3.8) is 0 Å². The number of fused-ring (bicyclic) bond motifs is 1. The van der Waals surface area contributed by atoms with Crippen molar-refractivity contribution < 1.29 is 0 Å². The highest BCUT2D eigenvalue weighted by molar-refractivity contribution is 5.91. The average molecular weight is 187 g/mol. The summed E-state index contributed by atoms with van der Waals surface area (Å²) in [6.07, 6.45) is 0. The standard InChI is InChI=1S/C11H13N3/c1-13-7-9-6-8-4-2-3-5-10(8)11(12)14-9/h2-6,13H,7H2,1H3,(H2,12,14). The van der Waals surface area contributed by atoms with Gasteiger partial charge in [-0.1, -0.05) is 24.3 Å². The van der Waals surface area contributed by atoms with Gasteiger partial charge in [-0.25, -0.2) is 4.98 Å². The molecule has 0 unspecified atom stereocenters. The second-order valence-electron chi connectivity index (χ2n) is 3.25. The Labute approximate surface area is 83.0 Å². The van der Waals surface area contributed by atoms with Crippen molar-refractivity contribution in [1.82, 2.24) is 10.3 Å². The van der Waals surface area contributed by atoms with E-state index in [1.54, 1.807) is 0 Å². The molecule has 0 amide bonds. The fourth-order valence-electron chi connectivity index (χ4n) is 1.55. The second-order valence-corrected chi connectivity index (χ2v) is 3.25. The molecule has 3 heteroatoms. The first kappa shape index (κ1) is 8.97. The third kappa shape index (κ3) is 1.54. The van der Waals surface area contributed by atoms with Gasteiger partial charge in [0.25, 0.3) is 0 Å². The summed E-state index contributed by atoms with van der Waals surface area (Å²) < 4.78 is 0. The van der Waals surface area contributed by atoms with Gasteiger partial charge in [-0.05, 0) is 18.5 Å². The van der Waals surface area contributed by atoms with Crippen LogP contribution in [0, 0.1) is 0 Å². The molecular formula is C11H13N3. The summed E-state index contributed by atoms with van der Waals surface area (Å²) in [7, 11) is 1.90. The maximum Gasteiger partial charge on any atom is 0.131 e. The van der Waals surface area contributed by atoms with E-state index in [1.807, 2.05) is 31.3 Å². The Hall–Kier alpha value is -1.61. The third-order valence-corrected chi connectivity index (χ3v) is 2.18. The Morgan fingerprint density at radius 3 is 2.93 bits per heavy atom. The Morgan fingerprint density at radius 1 is 1.36 bits per heavy atom. The average Bonchev–Trinajstić information content (AvgIpc) is 2.18. The summed E-state index contributed by atoms with van der Waals surface area (Å²) in [6.45, 7) is 0.745. The van der Waals surface area contributed by atoms with Crippen LogP contribution in [0.1, 0.15) is 5.69 Å². The van der Waals surface area contributed by atoms with Gasteiger partial charge in [0.15, 0.2) is 0 Å². The molecule has 2 aromatic rings. The van der Waals surface area contributed by atoms with Crippen LogP contribution in [0.2, 0.25) is 0 Å². The molecule has 0 aliphatic carbocycles. The van der Waals surface area contributed by atoms with Crippen LogP contribution in [0.5, 0.6) is 0 Å². The maximum absolute atomic E-state index is 5.85. The lowest BCUT2D eigenvalue weighted by molar-refractivity contribution is 0.795. The molecule has 0 saturated heterocycles. The maximum atomic E-state index is 5.85. The van der Waals surface area contributed by atoms with Crippen LogP contribution < -0.4 is 11.1 Å². The molecule has 0 aliphatic heterocycles. The zero-order valence-corrected chi connectivity index (χ0v) is 8.12. The molecule has 14 heavy (non-hydrogen) atoms. The van der Waals surface area contributed by atoms with Crippen LogP contribution in [0.25, 0.3) is 10.8 Å². The fraction of sp³-hybridized carbons (Fsp3) is 0.182. The summed E-state index contributed by atoms with van der Waals surface area (Å²) in [5.74, 6) is 0.605. The normalized spacial score (nSPS) is 10.6. The summed E-state index contributed by atoms with van der Waals surface area (Å²) in [5, 5.41) is 5.22. The number of nitrogens with zero attached hydrogens (tertiary/aromatic N) is 1. The van der Waals surface area contributed by atoms with Crippen LogP contribution in [0.3, 0.4) is 0 Å². The number of hydrogen-bond acceptors (Lipinski definition) is 3. The van der Waals surface area contributed by atoms with E-state index in [0.29, 0.717) is 5.82 Å².